The summed E-state index contributed by atoms with van der Waals surface area (Å²) in [5, 5.41) is 6.27. The van der Waals surface area contributed by atoms with Gasteiger partial charge < -0.3 is 15.0 Å². The van der Waals surface area contributed by atoms with Crippen LogP contribution in [0.4, 0.5) is 5.69 Å². The molecular formula is C21H22N4O4. The fraction of sp³-hybridized carbons (Fsp3) is 0.238. The molecule has 3 rings (SSSR count). The first-order valence-electron chi connectivity index (χ1n) is 9.21. The Hall–Kier alpha value is -3.52. The van der Waals surface area contributed by atoms with E-state index < -0.39 is 11.8 Å². The Balaban J connectivity index is 1.61. The van der Waals surface area contributed by atoms with Crippen molar-refractivity contribution in [1.29, 1.82) is 0 Å². The predicted octanol–water partition coefficient (Wildman–Crippen LogP) is 1.56. The minimum absolute atomic E-state index is 0.220. The lowest BCUT2D eigenvalue weighted by molar-refractivity contribution is -0.136. The molecule has 8 heteroatoms. The second-order valence-electron chi connectivity index (χ2n) is 6.51. The monoisotopic (exact) mass is 394 g/mol. The highest BCUT2D eigenvalue weighted by Gasteiger charge is 2.22. The van der Waals surface area contributed by atoms with Crippen LogP contribution in [-0.4, -0.2) is 55.1 Å². The van der Waals surface area contributed by atoms with Crippen LogP contribution < -0.4 is 10.7 Å². The number of morpholine rings is 1. The molecule has 0 unspecified atom stereocenters. The van der Waals surface area contributed by atoms with Gasteiger partial charge in [-0.3, -0.25) is 14.4 Å². The van der Waals surface area contributed by atoms with E-state index in [9.17, 15) is 14.4 Å². The number of aryl methyl sites for hydroxylation is 1. The van der Waals surface area contributed by atoms with Crippen molar-refractivity contribution in [3.8, 4) is 0 Å². The van der Waals surface area contributed by atoms with E-state index in [4.69, 9.17) is 4.74 Å². The fourth-order valence-corrected chi connectivity index (χ4v) is 2.76. The van der Waals surface area contributed by atoms with Gasteiger partial charge in [0.15, 0.2) is 0 Å². The molecule has 0 bridgehead atoms. The molecule has 2 aromatic rings. The molecule has 0 saturated carbocycles. The zero-order valence-corrected chi connectivity index (χ0v) is 16.1. The van der Waals surface area contributed by atoms with Gasteiger partial charge in [0.2, 0.25) is 0 Å². The number of ether oxygens (including phenoxy) is 1. The van der Waals surface area contributed by atoms with E-state index in [1.807, 2.05) is 31.2 Å². The quantitative estimate of drug-likeness (QED) is 0.467. The van der Waals surface area contributed by atoms with Crippen LogP contribution in [0.25, 0.3) is 0 Å². The maximum absolute atomic E-state index is 12.7. The number of nitrogens with zero attached hydrogens (tertiary/aromatic N) is 2. The summed E-state index contributed by atoms with van der Waals surface area (Å²) >= 11 is 0. The Morgan fingerprint density at radius 3 is 2.41 bits per heavy atom. The molecule has 2 aromatic carbocycles. The number of hydrogen-bond acceptors (Lipinski definition) is 5. The first-order chi connectivity index (χ1) is 14.0. The van der Waals surface area contributed by atoms with Crippen LogP contribution >= 0.6 is 0 Å². The van der Waals surface area contributed by atoms with Crippen LogP contribution in [0.2, 0.25) is 0 Å². The van der Waals surface area contributed by atoms with Gasteiger partial charge >= 0.3 is 11.8 Å². The van der Waals surface area contributed by atoms with E-state index in [1.54, 1.807) is 29.2 Å². The van der Waals surface area contributed by atoms with Crippen molar-refractivity contribution in [3.63, 3.8) is 0 Å². The largest absolute Gasteiger partial charge is 0.378 e. The number of rotatable bonds is 4. The summed E-state index contributed by atoms with van der Waals surface area (Å²) in [6, 6.07) is 14.1. The molecule has 2 N–H and O–H groups in total. The van der Waals surface area contributed by atoms with Crippen LogP contribution in [0, 0.1) is 6.92 Å². The van der Waals surface area contributed by atoms with Crippen LogP contribution in [0.5, 0.6) is 0 Å². The Kier molecular flexibility index (Phi) is 6.70. The van der Waals surface area contributed by atoms with Crippen molar-refractivity contribution in [2.24, 2.45) is 5.10 Å². The molecule has 1 saturated heterocycles. The lowest BCUT2D eigenvalue weighted by atomic mass is 10.1. The maximum atomic E-state index is 12.7. The Morgan fingerprint density at radius 1 is 1.00 bits per heavy atom. The molecule has 1 aliphatic heterocycles. The van der Waals surface area contributed by atoms with E-state index in [2.05, 4.69) is 15.8 Å². The Bertz CT molecular complexity index is 919. The van der Waals surface area contributed by atoms with Gasteiger partial charge in [-0.25, -0.2) is 5.43 Å². The van der Waals surface area contributed by atoms with Gasteiger partial charge in [-0.05, 0) is 24.6 Å². The number of nitrogens with one attached hydrogen (secondary N) is 2. The van der Waals surface area contributed by atoms with Gasteiger partial charge in [-0.2, -0.15) is 5.10 Å². The highest BCUT2D eigenvalue weighted by Crippen LogP contribution is 2.18. The number of carbonyl (C=O) groups is 3. The summed E-state index contributed by atoms with van der Waals surface area (Å²) in [5.41, 5.74) is 4.67. The first kappa shape index (κ1) is 20.2. The minimum Gasteiger partial charge on any atom is -0.378 e. The molecule has 0 radical (unpaired) electrons. The number of anilines is 1. The van der Waals surface area contributed by atoms with E-state index >= 15 is 0 Å². The average Bonchev–Trinajstić information content (AvgIpc) is 2.75. The highest BCUT2D eigenvalue weighted by molar-refractivity contribution is 6.40. The van der Waals surface area contributed by atoms with Gasteiger partial charge in [0.25, 0.3) is 5.91 Å². The van der Waals surface area contributed by atoms with Crippen LogP contribution in [0.1, 0.15) is 21.5 Å². The first-order valence-corrected chi connectivity index (χ1v) is 9.21. The van der Waals surface area contributed by atoms with Gasteiger partial charge in [-0.1, -0.05) is 42.0 Å². The van der Waals surface area contributed by atoms with Gasteiger partial charge in [0, 0.05) is 13.1 Å². The molecule has 1 heterocycles. The second-order valence-corrected chi connectivity index (χ2v) is 6.51. The zero-order valence-electron chi connectivity index (χ0n) is 16.1. The maximum Gasteiger partial charge on any atom is 0.329 e. The van der Waals surface area contributed by atoms with Crippen molar-refractivity contribution in [1.82, 2.24) is 10.3 Å². The van der Waals surface area contributed by atoms with Crippen molar-refractivity contribution >= 4 is 29.6 Å². The summed E-state index contributed by atoms with van der Waals surface area (Å²) in [7, 11) is 0. The van der Waals surface area contributed by atoms with Crippen molar-refractivity contribution in [2.45, 2.75) is 6.92 Å². The van der Waals surface area contributed by atoms with E-state index in [-0.39, 0.29) is 11.6 Å². The number of hydrazone groups is 1. The second kappa shape index (κ2) is 9.61. The SMILES string of the molecule is Cc1ccc(/C=N\NC(=O)C(=O)Nc2ccccc2C(=O)N2CCOCC2)cc1. The summed E-state index contributed by atoms with van der Waals surface area (Å²) in [5.74, 6) is -2.06. The normalized spacial score (nSPS) is 13.9. The molecule has 1 fully saturated rings. The summed E-state index contributed by atoms with van der Waals surface area (Å²) in [6.45, 7) is 3.88. The summed E-state index contributed by atoms with van der Waals surface area (Å²) in [4.78, 5) is 38.6. The average molecular weight is 394 g/mol. The van der Waals surface area contributed by atoms with Crippen molar-refractivity contribution in [2.75, 3.05) is 31.6 Å². The molecule has 0 aliphatic carbocycles. The third-order valence-electron chi connectivity index (χ3n) is 4.37. The minimum atomic E-state index is -0.929. The third-order valence-corrected chi connectivity index (χ3v) is 4.37. The summed E-state index contributed by atoms with van der Waals surface area (Å²) < 4.78 is 5.26. The van der Waals surface area contributed by atoms with E-state index in [0.29, 0.717) is 31.9 Å². The Labute approximate surface area is 168 Å². The van der Waals surface area contributed by atoms with E-state index in [0.717, 1.165) is 11.1 Å². The number of amides is 3. The molecule has 1 aliphatic rings. The van der Waals surface area contributed by atoms with Crippen molar-refractivity contribution in [3.05, 3.63) is 65.2 Å². The fourth-order valence-electron chi connectivity index (χ4n) is 2.76. The predicted molar refractivity (Wildman–Crippen MR) is 109 cm³/mol. The number of carbonyl (C=O) groups excluding carboxylic acids is 3. The summed E-state index contributed by atoms with van der Waals surface area (Å²) in [6.07, 6.45) is 1.44. The number of benzene rings is 2. The Morgan fingerprint density at radius 2 is 1.69 bits per heavy atom. The molecule has 150 valence electrons. The molecule has 8 nitrogen and oxygen atoms in total. The van der Waals surface area contributed by atoms with Crippen molar-refractivity contribution < 1.29 is 19.1 Å². The van der Waals surface area contributed by atoms with Gasteiger partial charge in [-0.15, -0.1) is 0 Å². The van der Waals surface area contributed by atoms with Gasteiger partial charge in [0.1, 0.15) is 0 Å². The smallest absolute Gasteiger partial charge is 0.329 e. The van der Waals surface area contributed by atoms with Crippen LogP contribution in [-0.2, 0) is 14.3 Å². The van der Waals surface area contributed by atoms with Gasteiger partial charge in [0.05, 0.1) is 30.7 Å². The lowest BCUT2D eigenvalue weighted by Gasteiger charge is -2.27. The molecular weight excluding hydrogens is 372 g/mol. The molecule has 0 aromatic heterocycles. The highest BCUT2D eigenvalue weighted by atomic mass is 16.5. The third kappa shape index (κ3) is 5.49. The molecule has 3 amide bonds. The zero-order chi connectivity index (χ0) is 20.6. The van der Waals surface area contributed by atoms with E-state index in [1.165, 1.54) is 6.21 Å². The topological polar surface area (TPSA) is 100 Å². The number of para-hydroxylation sites is 1. The molecule has 0 atom stereocenters. The molecule has 29 heavy (non-hydrogen) atoms. The number of hydrogen-bond donors (Lipinski definition) is 2. The molecule has 0 spiro atoms. The van der Waals surface area contributed by atoms with Crippen LogP contribution in [0.15, 0.2) is 53.6 Å². The lowest BCUT2D eigenvalue weighted by Crippen LogP contribution is -2.41. The standard InChI is InChI=1S/C21H22N4O4/c1-15-6-8-16(9-7-15)14-22-24-20(27)19(26)23-18-5-3-2-4-17(18)21(28)25-10-12-29-13-11-25/h2-9,14H,10-13H2,1H3,(H,23,26)(H,24,27)/b22-14-. The van der Waals surface area contributed by atoms with Crippen LogP contribution in [0.3, 0.4) is 0 Å².